The molecule has 1 aromatic rings. The van der Waals surface area contributed by atoms with Gasteiger partial charge in [0, 0.05) is 6.42 Å². The number of hydroxylamine groups is 1. The number of H-pyrrole nitrogens is 1. The Balaban J connectivity index is 2.25. The Labute approximate surface area is 86.1 Å². The van der Waals surface area contributed by atoms with Crippen LogP contribution < -0.4 is 5.48 Å². The minimum Gasteiger partial charge on any atom is -0.340 e. The average Bonchev–Trinajstić information content (AvgIpc) is 2.76. The summed E-state index contributed by atoms with van der Waals surface area (Å²) in [4.78, 5) is 26.7. The highest BCUT2D eigenvalue weighted by molar-refractivity contribution is 5.91. The van der Waals surface area contributed by atoms with Gasteiger partial charge in [0.2, 0.25) is 0 Å². The molecular formula is C8H12N4O3. The van der Waals surface area contributed by atoms with Crippen molar-refractivity contribution in [2.45, 2.75) is 26.2 Å². The Morgan fingerprint density at radius 2 is 2.40 bits per heavy atom. The van der Waals surface area contributed by atoms with Gasteiger partial charge in [-0.1, -0.05) is 18.6 Å². The molecule has 0 aliphatic rings. The number of unbranched alkanes of at least 4 members (excludes halogenated alkanes) is 1. The highest BCUT2D eigenvalue weighted by Crippen LogP contribution is 1.95. The van der Waals surface area contributed by atoms with Gasteiger partial charge < -0.3 is 4.84 Å². The maximum atomic E-state index is 11.2. The van der Waals surface area contributed by atoms with Crippen molar-refractivity contribution >= 4 is 11.9 Å². The molecule has 0 radical (unpaired) electrons. The van der Waals surface area contributed by atoms with Crippen molar-refractivity contribution in [3.8, 4) is 0 Å². The number of aromatic nitrogens is 3. The molecule has 0 saturated heterocycles. The van der Waals surface area contributed by atoms with E-state index >= 15 is 0 Å². The Bertz CT molecular complexity index is 323. The van der Waals surface area contributed by atoms with E-state index in [2.05, 4.69) is 20.2 Å². The van der Waals surface area contributed by atoms with Crippen molar-refractivity contribution in [2.24, 2.45) is 0 Å². The van der Waals surface area contributed by atoms with Gasteiger partial charge in [-0.15, -0.1) is 5.10 Å². The Kier molecular flexibility index (Phi) is 4.27. The van der Waals surface area contributed by atoms with Crippen LogP contribution in [0.3, 0.4) is 0 Å². The molecule has 0 fully saturated rings. The third-order valence-corrected chi connectivity index (χ3v) is 1.64. The normalized spacial score (nSPS) is 9.67. The fourth-order valence-electron chi connectivity index (χ4n) is 0.840. The smallest absolute Gasteiger partial charge is 0.332 e. The van der Waals surface area contributed by atoms with Crippen LogP contribution in [0.4, 0.5) is 0 Å². The largest absolute Gasteiger partial charge is 0.340 e. The fourth-order valence-corrected chi connectivity index (χ4v) is 0.840. The van der Waals surface area contributed by atoms with Gasteiger partial charge in [0.25, 0.3) is 0 Å². The summed E-state index contributed by atoms with van der Waals surface area (Å²) in [6.07, 6.45) is 3.22. The molecule has 82 valence electrons. The van der Waals surface area contributed by atoms with E-state index in [9.17, 15) is 9.59 Å². The molecule has 0 aliphatic carbocycles. The van der Waals surface area contributed by atoms with E-state index in [4.69, 9.17) is 0 Å². The predicted octanol–water partition coefficient (Wildman–Crippen LogP) is 0.183. The van der Waals surface area contributed by atoms with E-state index in [1.807, 2.05) is 12.4 Å². The van der Waals surface area contributed by atoms with Gasteiger partial charge in [0.05, 0.1) is 6.20 Å². The third kappa shape index (κ3) is 3.75. The molecule has 2 N–H and O–H groups in total. The van der Waals surface area contributed by atoms with Crippen LogP contribution in [-0.2, 0) is 9.63 Å². The zero-order valence-corrected chi connectivity index (χ0v) is 8.32. The summed E-state index contributed by atoms with van der Waals surface area (Å²) in [5.74, 6) is -1.07. The second-order valence-electron chi connectivity index (χ2n) is 2.87. The van der Waals surface area contributed by atoms with Crippen molar-refractivity contribution in [2.75, 3.05) is 0 Å². The monoisotopic (exact) mass is 212 g/mol. The summed E-state index contributed by atoms with van der Waals surface area (Å²) in [6.45, 7) is 1.96. The van der Waals surface area contributed by atoms with E-state index in [0.717, 1.165) is 12.8 Å². The third-order valence-electron chi connectivity index (χ3n) is 1.64. The number of hydrogen-bond acceptors (Lipinski definition) is 5. The van der Waals surface area contributed by atoms with Crippen LogP contribution in [-0.4, -0.2) is 27.3 Å². The first-order valence-electron chi connectivity index (χ1n) is 4.60. The number of nitrogens with one attached hydrogen (secondary N) is 2. The molecule has 0 unspecified atom stereocenters. The minimum absolute atomic E-state index is 0.0679. The summed E-state index contributed by atoms with van der Waals surface area (Å²) in [5.41, 5.74) is 2.05. The number of nitrogens with zero attached hydrogens (tertiary/aromatic N) is 2. The van der Waals surface area contributed by atoms with Crippen LogP contribution in [0.15, 0.2) is 6.20 Å². The lowest BCUT2D eigenvalue weighted by Gasteiger charge is -2.02. The maximum Gasteiger partial charge on any atom is 0.332 e. The summed E-state index contributed by atoms with van der Waals surface area (Å²) in [5, 5.41) is 9.16. The van der Waals surface area contributed by atoms with Crippen molar-refractivity contribution in [3.05, 3.63) is 11.9 Å². The lowest BCUT2D eigenvalue weighted by atomic mass is 10.3. The fraction of sp³-hybridized carbons (Fsp3) is 0.500. The first-order valence-corrected chi connectivity index (χ1v) is 4.60. The Hall–Kier alpha value is -1.92. The lowest BCUT2D eigenvalue weighted by molar-refractivity contribution is -0.149. The summed E-state index contributed by atoms with van der Waals surface area (Å²) < 4.78 is 0. The molecule has 0 spiro atoms. The van der Waals surface area contributed by atoms with Crippen LogP contribution >= 0.6 is 0 Å². The van der Waals surface area contributed by atoms with Gasteiger partial charge in [-0.05, 0) is 6.42 Å². The molecule has 7 nitrogen and oxygen atoms in total. The number of rotatable bonds is 4. The number of carbonyl (C=O) groups excluding carboxylic acids is 2. The van der Waals surface area contributed by atoms with Crippen LogP contribution in [0.5, 0.6) is 0 Å². The molecular weight excluding hydrogens is 200 g/mol. The van der Waals surface area contributed by atoms with Gasteiger partial charge in [-0.2, -0.15) is 5.48 Å². The van der Waals surface area contributed by atoms with Crippen LogP contribution in [0.25, 0.3) is 0 Å². The topological polar surface area (TPSA) is 97.0 Å². The standard InChI is InChI=1S/C8H12N4O3/c1-2-3-4-7(13)15-11-8(14)6-5-9-12-10-6/h5H,2-4H2,1H3,(H,11,14)(H,9,10,12). The molecule has 0 bridgehead atoms. The summed E-state index contributed by atoms with van der Waals surface area (Å²) in [6, 6.07) is 0. The first-order chi connectivity index (χ1) is 7.24. The molecule has 0 atom stereocenters. The predicted molar refractivity (Wildman–Crippen MR) is 49.5 cm³/mol. The molecule has 15 heavy (non-hydrogen) atoms. The molecule has 0 saturated carbocycles. The van der Waals surface area contributed by atoms with Crippen LogP contribution in [0.2, 0.25) is 0 Å². The van der Waals surface area contributed by atoms with Gasteiger partial charge in [-0.25, -0.2) is 4.79 Å². The van der Waals surface area contributed by atoms with Crippen molar-refractivity contribution in [3.63, 3.8) is 0 Å². The van der Waals surface area contributed by atoms with E-state index in [1.165, 1.54) is 6.20 Å². The molecule has 1 amide bonds. The summed E-state index contributed by atoms with van der Waals surface area (Å²) >= 11 is 0. The molecule has 7 heteroatoms. The minimum atomic E-state index is -0.603. The van der Waals surface area contributed by atoms with Gasteiger partial charge in [-0.3, -0.25) is 9.89 Å². The highest BCUT2D eigenvalue weighted by Gasteiger charge is 2.10. The van der Waals surface area contributed by atoms with Gasteiger partial charge in [0.1, 0.15) is 0 Å². The van der Waals surface area contributed by atoms with Crippen LogP contribution in [0.1, 0.15) is 36.7 Å². The number of aromatic amines is 1. The Morgan fingerprint density at radius 3 is 3.00 bits per heavy atom. The van der Waals surface area contributed by atoms with E-state index in [1.54, 1.807) is 0 Å². The Morgan fingerprint density at radius 1 is 1.60 bits per heavy atom. The van der Waals surface area contributed by atoms with Crippen molar-refractivity contribution in [1.29, 1.82) is 0 Å². The quantitative estimate of drug-likeness (QED) is 0.694. The second kappa shape index (κ2) is 5.74. The van der Waals surface area contributed by atoms with Crippen LogP contribution in [0, 0.1) is 0 Å². The highest BCUT2D eigenvalue weighted by atomic mass is 16.7. The number of carbonyl (C=O) groups is 2. The summed E-state index contributed by atoms with van der Waals surface area (Å²) in [7, 11) is 0. The molecule has 0 aliphatic heterocycles. The lowest BCUT2D eigenvalue weighted by Crippen LogP contribution is -2.27. The van der Waals surface area contributed by atoms with E-state index in [0.29, 0.717) is 0 Å². The van der Waals surface area contributed by atoms with Crippen molar-refractivity contribution in [1.82, 2.24) is 20.9 Å². The molecule has 1 rings (SSSR count). The van der Waals surface area contributed by atoms with Crippen molar-refractivity contribution < 1.29 is 14.4 Å². The average molecular weight is 212 g/mol. The number of amides is 1. The molecule has 0 aromatic carbocycles. The van der Waals surface area contributed by atoms with Gasteiger partial charge >= 0.3 is 11.9 Å². The zero-order valence-electron chi connectivity index (χ0n) is 8.32. The zero-order chi connectivity index (χ0) is 11.1. The first kappa shape index (κ1) is 11.2. The maximum absolute atomic E-state index is 11.2. The molecule has 1 aromatic heterocycles. The second-order valence-corrected chi connectivity index (χ2v) is 2.87. The number of hydrogen-bond donors (Lipinski definition) is 2. The van der Waals surface area contributed by atoms with E-state index in [-0.39, 0.29) is 12.1 Å². The van der Waals surface area contributed by atoms with E-state index < -0.39 is 11.9 Å². The SMILES string of the molecule is CCCCC(=O)ONC(=O)c1c[nH]nn1. The van der Waals surface area contributed by atoms with Gasteiger partial charge in [0.15, 0.2) is 5.69 Å². The molecule has 1 heterocycles.